The maximum Gasteiger partial charge on any atom is 0.185 e. The first kappa shape index (κ1) is 24.8. The second-order valence-corrected chi connectivity index (χ2v) is 8.97. The molecule has 5 rings (SSSR count). The third-order valence-electron chi connectivity index (χ3n) is 6.36. The predicted molar refractivity (Wildman–Crippen MR) is 152 cm³/mol. The number of ether oxygens (including phenoxy) is 2. The number of para-hydroxylation sites is 1. The van der Waals surface area contributed by atoms with Gasteiger partial charge in [0.25, 0.3) is 0 Å². The molecule has 1 heterocycles. The molecular weight excluding hydrogens is 470 g/mol. The summed E-state index contributed by atoms with van der Waals surface area (Å²) < 4.78 is 13.8. The molecule has 0 bridgehead atoms. The van der Waals surface area contributed by atoms with Crippen LogP contribution in [0.1, 0.15) is 32.6 Å². The first-order valence-corrected chi connectivity index (χ1v) is 12.6. The van der Waals surface area contributed by atoms with Gasteiger partial charge in [-0.3, -0.25) is 4.79 Å². The Morgan fingerprint density at radius 3 is 2.37 bits per heavy atom. The van der Waals surface area contributed by atoms with Gasteiger partial charge in [-0.25, -0.2) is 0 Å². The van der Waals surface area contributed by atoms with Gasteiger partial charge in [-0.2, -0.15) is 0 Å². The van der Waals surface area contributed by atoms with Gasteiger partial charge in [-0.1, -0.05) is 72.8 Å². The van der Waals surface area contributed by atoms with Gasteiger partial charge < -0.3 is 14.0 Å². The van der Waals surface area contributed by atoms with Crippen LogP contribution in [-0.2, 0) is 13.0 Å². The fraction of sp³-hybridized carbons (Fsp3) is 0.0882. The van der Waals surface area contributed by atoms with Crippen LogP contribution in [0.2, 0.25) is 0 Å². The standard InChI is InChI=1S/C34H29NO3/c1-37-33-19-17-27(16-18-32(36)28-13-9-14-31(24-28)35-20-7-8-21-35)23-30(33)25-38-34-15-6-5-12-29(34)22-26-10-3-2-4-11-26/h2-21,23-24H,22,25H2,1H3/b18-16+. The molecule has 0 N–H and O–H groups in total. The van der Waals surface area contributed by atoms with Crippen LogP contribution >= 0.6 is 0 Å². The Kier molecular flexibility index (Phi) is 7.80. The lowest BCUT2D eigenvalue weighted by atomic mass is 10.0. The molecule has 0 spiro atoms. The lowest BCUT2D eigenvalue weighted by Crippen LogP contribution is -2.02. The van der Waals surface area contributed by atoms with Gasteiger partial charge in [0.1, 0.15) is 18.1 Å². The molecule has 1 aromatic heterocycles. The number of allylic oxidation sites excluding steroid dienone is 1. The summed E-state index contributed by atoms with van der Waals surface area (Å²) in [7, 11) is 1.65. The quantitative estimate of drug-likeness (QED) is 0.147. The van der Waals surface area contributed by atoms with E-state index in [4.69, 9.17) is 9.47 Å². The smallest absolute Gasteiger partial charge is 0.185 e. The maximum absolute atomic E-state index is 12.9. The van der Waals surface area contributed by atoms with Crippen molar-refractivity contribution in [2.24, 2.45) is 0 Å². The van der Waals surface area contributed by atoms with Gasteiger partial charge in [0, 0.05) is 35.6 Å². The Balaban J connectivity index is 1.30. The molecule has 0 unspecified atom stereocenters. The van der Waals surface area contributed by atoms with Gasteiger partial charge in [0.2, 0.25) is 0 Å². The highest BCUT2D eigenvalue weighted by Gasteiger charge is 2.09. The second-order valence-electron chi connectivity index (χ2n) is 8.97. The summed E-state index contributed by atoms with van der Waals surface area (Å²) in [5.74, 6) is 1.54. The average molecular weight is 500 g/mol. The zero-order valence-electron chi connectivity index (χ0n) is 21.3. The Bertz CT molecular complexity index is 1540. The minimum atomic E-state index is -0.0533. The van der Waals surface area contributed by atoms with Crippen LogP contribution in [0.4, 0.5) is 0 Å². The van der Waals surface area contributed by atoms with Crippen molar-refractivity contribution in [2.45, 2.75) is 13.0 Å². The van der Waals surface area contributed by atoms with Crippen LogP contribution in [0, 0.1) is 0 Å². The Hall–Kier alpha value is -4.83. The number of rotatable bonds is 10. The molecule has 0 radical (unpaired) electrons. The van der Waals surface area contributed by atoms with E-state index in [1.165, 1.54) is 5.56 Å². The molecule has 0 aliphatic heterocycles. The Labute approximate surface area is 223 Å². The number of aromatic nitrogens is 1. The summed E-state index contributed by atoms with van der Waals surface area (Å²) in [6.07, 6.45) is 8.15. The van der Waals surface area contributed by atoms with Gasteiger partial charge in [0.15, 0.2) is 5.78 Å². The highest BCUT2D eigenvalue weighted by atomic mass is 16.5. The van der Waals surface area contributed by atoms with Crippen LogP contribution in [0.25, 0.3) is 11.8 Å². The van der Waals surface area contributed by atoms with Crippen LogP contribution in [0.5, 0.6) is 11.5 Å². The Morgan fingerprint density at radius 1 is 0.763 bits per heavy atom. The van der Waals surface area contributed by atoms with Crippen molar-refractivity contribution in [3.05, 3.63) is 155 Å². The van der Waals surface area contributed by atoms with E-state index in [9.17, 15) is 4.79 Å². The highest BCUT2D eigenvalue weighted by molar-refractivity contribution is 6.07. The van der Waals surface area contributed by atoms with Crippen molar-refractivity contribution in [3.63, 3.8) is 0 Å². The second kappa shape index (κ2) is 11.9. The Morgan fingerprint density at radius 2 is 1.55 bits per heavy atom. The lowest BCUT2D eigenvalue weighted by molar-refractivity contribution is 0.104. The molecule has 5 aromatic rings. The van der Waals surface area contributed by atoms with Crippen molar-refractivity contribution < 1.29 is 14.3 Å². The summed E-state index contributed by atoms with van der Waals surface area (Å²) in [6.45, 7) is 0.351. The monoisotopic (exact) mass is 499 g/mol. The van der Waals surface area contributed by atoms with Crippen molar-refractivity contribution in [1.82, 2.24) is 4.57 Å². The molecule has 4 nitrogen and oxygen atoms in total. The molecular formula is C34H29NO3. The molecule has 4 aromatic carbocycles. The summed E-state index contributed by atoms with van der Waals surface area (Å²) in [4.78, 5) is 12.9. The number of methoxy groups -OCH3 is 1. The molecule has 188 valence electrons. The van der Waals surface area contributed by atoms with Gasteiger partial charge in [-0.05, 0) is 65.2 Å². The minimum absolute atomic E-state index is 0.0533. The van der Waals surface area contributed by atoms with Crippen LogP contribution < -0.4 is 9.47 Å². The molecule has 38 heavy (non-hydrogen) atoms. The topological polar surface area (TPSA) is 40.5 Å². The number of nitrogens with zero attached hydrogens (tertiary/aromatic N) is 1. The van der Waals surface area contributed by atoms with E-state index in [1.807, 2.05) is 114 Å². The maximum atomic E-state index is 12.9. The van der Waals surface area contributed by atoms with Crippen molar-refractivity contribution in [1.29, 1.82) is 0 Å². The van der Waals surface area contributed by atoms with E-state index in [0.29, 0.717) is 12.2 Å². The molecule has 0 amide bonds. The van der Waals surface area contributed by atoms with E-state index in [1.54, 1.807) is 13.2 Å². The summed E-state index contributed by atoms with van der Waals surface area (Å²) in [6, 6.07) is 35.8. The van der Waals surface area contributed by atoms with Gasteiger partial charge >= 0.3 is 0 Å². The predicted octanol–water partition coefficient (Wildman–Crippen LogP) is 7.55. The first-order valence-electron chi connectivity index (χ1n) is 12.6. The molecule has 0 aliphatic rings. The zero-order chi connectivity index (χ0) is 26.2. The molecule has 0 atom stereocenters. The van der Waals surface area contributed by atoms with Crippen molar-refractivity contribution in [3.8, 4) is 17.2 Å². The van der Waals surface area contributed by atoms with Crippen molar-refractivity contribution in [2.75, 3.05) is 7.11 Å². The summed E-state index contributed by atoms with van der Waals surface area (Å²) in [5.41, 5.74) is 5.76. The summed E-state index contributed by atoms with van der Waals surface area (Å²) >= 11 is 0. The number of carbonyl (C=O) groups is 1. The van der Waals surface area contributed by atoms with Crippen LogP contribution in [0.15, 0.2) is 128 Å². The van der Waals surface area contributed by atoms with Crippen LogP contribution in [-0.4, -0.2) is 17.5 Å². The molecule has 0 aliphatic carbocycles. The SMILES string of the molecule is COc1ccc(/C=C/C(=O)c2cccc(-n3cccc3)c2)cc1COc1ccccc1Cc1ccccc1. The average Bonchev–Trinajstić information content (AvgIpc) is 3.51. The summed E-state index contributed by atoms with van der Waals surface area (Å²) in [5, 5.41) is 0. The van der Waals surface area contributed by atoms with E-state index >= 15 is 0 Å². The van der Waals surface area contributed by atoms with E-state index in [2.05, 4.69) is 18.2 Å². The van der Waals surface area contributed by atoms with E-state index in [-0.39, 0.29) is 5.78 Å². The van der Waals surface area contributed by atoms with Gasteiger partial charge in [0.05, 0.1) is 7.11 Å². The first-order chi connectivity index (χ1) is 18.7. The molecule has 0 saturated carbocycles. The lowest BCUT2D eigenvalue weighted by Gasteiger charge is -2.14. The number of hydrogen-bond donors (Lipinski definition) is 0. The largest absolute Gasteiger partial charge is 0.496 e. The van der Waals surface area contributed by atoms with Crippen molar-refractivity contribution >= 4 is 11.9 Å². The fourth-order valence-corrected chi connectivity index (χ4v) is 4.37. The number of benzene rings is 4. The third-order valence-corrected chi connectivity index (χ3v) is 6.36. The third kappa shape index (κ3) is 6.11. The number of hydrogen-bond acceptors (Lipinski definition) is 3. The molecule has 0 saturated heterocycles. The minimum Gasteiger partial charge on any atom is -0.496 e. The fourth-order valence-electron chi connectivity index (χ4n) is 4.37. The van der Waals surface area contributed by atoms with Crippen LogP contribution in [0.3, 0.4) is 0 Å². The number of ketones is 1. The van der Waals surface area contributed by atoms with E-state index < -0.39 is 0 Å². The van der Waals surface area contributed by atoms with Gasteiger partial charge in [-0.15, -0.1) is 0 Å². The molecule has 0 fully saturated rings. The number of carbonyl (C=O) groups excluding carboxylic acids is 1. The van der Waals surface area contributed by atoms with E-state index in [0.717, 1.165) is 40.3 Å². The molecule has 4 heteroatoms. The highest BCUT2D eigenvalue weighted by Crippen LogP contribution is 2.26. The zero-order valence-corrected chi connectivity index (χ0v) is 21.3. The normalized spacial score (nSPS) is 11.0.